The first-order chi connectivity index (χ1) is 14.0. The quantitative estimate of drug-likeness (QED) is 0.662. The van der Waals surface area contributed by atoms with Crippen molar-refractivity contribution in [1.29, 1.82) is 0 Å². The van der Waals surface area contributed by atoms with Crippen LogP contribution in [-0.2, 0) is 27.4 Å². The number of carbonyl (C=O) groups is 1. The van der Waals surface area contributed by atoms with E-state index in [1.807, 2.05) is 0 Å². The molecule has 2 aromatic carbocycles. The Labute approximate surface area is 182 Å². The fraction of sp³-hybridized carbons (Fsp3) is 0.316. The summed E-state index contributed by atoms with van der Waals surface area (Å²) in [7, 11) is -4.24. The highest BCUT2D eigenvalue weighted by molar-refractivity contribution is 7.89. The van der Waals surface area contributed by atoms with E-state index in [0.29, 0.717) is 11.1 Å². The summed E-state index contributed by atoms with van der Waals surface area (Å²) in [4.78, 5) is 13.4. The van der Waals surface area contributed by atoms with Gasteiger partial charge in [0.05, 0.1) is 17.0 Å². The van der Waals surface area contributed by atoms with Gasteiger partial charge in [-0.2, -0.15) is 17.5 Å². The minimum absolute atomic E-state index is 0.0454. The molecule has 0 aliphatic carbocycles. The fourth-order valence-corrected chi connectivity index (χ4v) is 5.26. The molecule has 5 nitrogen and oxygen atoms in total. The summed E-state index contributed by atoms with van der Waals surface area (Å²) >= 11 is 11.8. The third kappa shape index (κ3) is 5.08. The van der Waals surface area contributed by atoms with Crippen LogP contribution in [0.5, 0.6) is 0 Å². The predicted octanol–water partition coefficient (Wildman–Crippen LogP) is 4.09. The summed E-state index contributed by atoms with van der Waals surface area (Å²) in [5.74, 6) is -0.189. The Bertz CT molecular complexity index is 1050. The van der Waals surface area contributed by atoms with Gasteiger partial charge in [-0.05, 0) is 35.9 Å². The molecule has 0 radical (unpaired) electrons. The maximum absolute atomic E-state index is 13.0. The molecule has 30 heavy (non-hydrogen) atoms. The largest absolute Gasteiger partial charge is 0.416 e. The first kappa shape index (κ1) is 22.9. The average molecular weight is 481 g/mol. The Kier molecular flexibility index (Phi) is 6.66. The molecule has 3 rings (SSSR count). The number of sulfonamides is 1. The molecule has 1 aliphatic rings. The van der Waals surface area contributed by atoms with E-state index in [1.165, 1.54) is 4.90 Å². The summed E-state index contributed by atoms with van der Waals surface area (Å²) in [5, 5.41) is 0.219. The lowest BCUT2D eigenvalue weighted by Crippen LogP contribution is -2.50. The molecule has 0 unspecified atom stereocenters. The van der Waals surface area contributed by atoms with Crippen molar-refractivity contribution in [2.75, 3.05) is 26.2 Å². The molecule has 11 heteroatoms. The molecule has 1 aliphatic heterocycles. The van der Waals surface area contributed by atoms with E-state index in [0.717, 1.165) is 22.0 Å². The SMILES string of the molecule is O=C(Cc1cccc(Cl)c1)N1CCN(S(=O)(=O)c2cc(C(F)(F)F)ccc2Cl)CC1. The number of hydrogen-bond acceptors (Lipinski definition) is 3. The van der Waals surface area contributed by atoms with Crippen molar-refractivity contribution in [3.05, 3.63) is 63.6 Å². The number of piperazine rings is 1. The summed E-state index contributed by atoms with van der Waals surface area (Å²) in [6, 6.07) is 9.05. The molecule has 1 amide bonds. The van der Waals surface area contributed by atoms with Crippen molar-refractivity contribution in [3.8, 4) is 0 Å². The van der Waals surface area contributed by atoms with Crippen LogP contribution in [0.4, 0.5) is 13.2 Å². The van der Waals surface area contributed by atoms with Crippen LogP contribution in [0.2, 0.25) is 10.0 Å². The molecule has 162 valence electrons. The van der Waals surface area contributed by atoms with Crippen LogP contribution in [0.1, 0.15) is 11.1 Å². The van der Waals surface area contributed by atoms with Gasteiger partial charge in [-0.1, -0.05) is 35.3 Å². The molecule has 1 fully saturated rings. The van der Waals surface area contributed by atoms with Crippen molar-refractivity contribution in [2.45, 2.75) is 17.5 Å². The monoisotopic (exact) mass is 480 g/mol. The highest BCUT2D eigenvalue weighted by Crippen LogP contribution is 2.34. The van der Waals surface area contributed by atoms with Gasteiger partial charge in [0.1, 0.15) is 4.90 Å². The Hall–Kier alpha value is -1.81. The van der Waals surface area contributed by atoms with Gasteiger partial charge in [-0.3, -0.25) is 4.79 Å². The number of amides is 1. The summed E-state index contributed by atoms with van der Waals surface area (Å²) < 4.78 is 65.6. The summed E-state index contributed by atoms with van der Waals surface area (Å²) in [6.07, 6.45) is -4.58. The van der Waals surface area contributed by atoms with Crippen LogP contribution < -0.4 is 0 Å². The Balaban J connectivity index is 1.70. The first-order valence-corrected chi connectivity index (χ1v) is 11.1. The van der Waals surface area contributed by atoms with Crippen LogP contribution in [-0.4, -0.2) is 49.7 Å². The van der Waals surface area contributed by atoms with Crippen molar-refractivity contribution < 1.29 is 26.4 Å². The number of carbonyl (C=O) groups excluding carboxylic acids is 1. The van der Waals surface area contributed by atoms with E-state index in [9.17, 15) is 26.4 Å². The predicted molar refractivity (Wildman–Crippen MR) is 107 cm³/mol. The Morgan fingerprint density at radius 1 is 1.00 bits per heavy atom. The van der Waals surface area contributed by atoms with E-state index in [2.05, 4.69) is 0 Å². The number of alkyl halides is 3. The van der Waals surface area contributed by atoms with Gasteiger partial charge in [-0.25, -0.2) is 8.42 Å². The highest BCUT2D eigenvalue weighted by Gasteiger charge is 2.35. The van der Waals surface area contributed by atoms with Crippen LogP contribution in [0.3, 0.4) is 0 Å². The van der Waals surface area contributed by atoms with Crippen molar-refractivity contribution in [3.63, 3.8) is 0 Å². The third-order valence-corrected chi connectivity index (χ3v) is 7.33. The van der Waals surface area contributed by atoms with Crippen molar-refractivity contribution >= 4 is 39.1 Å². The van der Waals surface area contributed by atoms with E-state index in [-0.39, 0.29) is 43.5 Å². The molecule has 0 bridgehead atoms. The number of benzene rings is 2. The average Bonchev–Trinajstić information content (AvgIpc) is 2.67. The maximum Gasteiger partial charge on any atom is 0.416 e. The van der Waals surface area contributed by atoms with Crippen molar-refractivity contribution in [2.24, 2.45) is 0 Å². The standard InChI is InChI=1S/C19H17Cl2F3N2O3S/c20-15-3-1-2-13(10-15)11-18(27)25-6-8-26(9-7-25)30(28,29)17-12-14(19(22,23)24)4-5-16(17)21/h1-5,10,12H,6-9,11H2. The molecule has 0 atom stereocenters. The number of rotatable bonds is 4. The number of halogens is 5. The van der Waals surface area contributed by atoms with Gasteiger partial charge in [0.2, 0.25) is 15.9 Å². The molecular formula is C19H17Cl2F3N2O3S. The van der Waals surface area contributed by atoms with Crippen LogP contribution in [0.25, 0.3) is 0 Å². The second kappa shape index (κ2) is 8.74. The molecule has 0 N–H and O–H groups in total. The Morgan fingerprint density at radius 3 is 2.27 bits per heavy atom. The second-order valence-corrected chi connectivity index (χ2v) is 9.48. The van der Waals surface area contributed by atoms with Gasteiger partial charge in [0.15, 0.2) is 0 Å². The van der Waals surface area contributed by atoms with Crippen LogP contribution >= 0.6 is 23.2 Å². The molecule has 2 aromatic rings. The molecule has 0 aromatic heterocycles. The van der Waals surface area contributed by atoms with Gasteiger partial charge >= 0.3 is 6.18 Å². The van der Waals surface area contributed by atoms with Gasteiger partial charge < -0.3 is 4.90 Å². The molecule has 1 saturated heterocycles. The van der Waals surface area contributed by atoms with Crippen LogP contribution in [0.15, 0.2) is 47.4 Å². The second-order valence-electron chi connectivity index (χ2n) is 6.73. The lowest BCUT2D eigenvalue weighted by Gasteiger charge is -2.34. The fourth-order valence-electron chi connectivity index (χ4n) is 3.13. The van der Waals surface area contributed by atoms with Gasteiger partial charge in [0.25, 0.3) is 0 Å². The number of hydrogen-bond donors (Lipinski definition) is 0. The minimum Gasteiger partial charge on any atom is -0.340 e. The van der Waals surface area contributed by atoms with Crippen LogP contribution in [0, 0.1) is 0 Å². The van der Waals surface area contributed by atoms with Gasteiger partial charge in [0, 0.05) is 31.2 Å². The first-order valence-electron chi connectivity index (χ1n) is 8.87. The molecular weight excluding hydrogens is 464 g/mol. The van der Waals surface area contributed by atoms with E-state index in [1.54, 1.807) is 24.3 Å². The highest BCUT2D eigenvalue weighted by atomic mass is 35.5. The zero-order chi connectivity index (χ0) is 22.1. The van der Waals surface area contributed by atoms with E-state index in [4.69, 9.17) is 23.2 Å². The Morgan fingerprint density at radius 2 is 1.67 bits per heavy atom. The lowest BCUT2D eigenvalue weighted by molar-refractivity contribution is -0.137. The van der Waals surface area contributed by atoms with E-state index < -0.39 is 26.7 Å². The maximum atomic E-state index is 13.0. The van der Waals surface area contributed by atoms with Crippen molar-refractivity contribution in [1.82, 2.24) is 9.21 Å². The molecule has 0 saturated carbocycles. The smallest absolute Gasteiger partial charge is 0.340 e. The lowest BCUT2D eigenvalue weighted by atomic mass is 10.1. The van der Waals surface area contributed by atoms with E-state index >= 15 is 0 Å². The summed E-state index contributed by atoms with van der Waals surface area (Å²) in [5.41, 5.74) is -0.362. The molecule has 1 heterocycles. The molecule has 0 spiro atoms. The zero-order valence-corrected chi connectivity index (χ0v) is 17.8. The van der Waals surface area contributed by atoms with Gasteiger partial charge in [-0.15, -0.1) is 0 Å². The normalized spacial score (nSPS) is 16.0. The topological polar surface area (TPSA) is 57.7 Å². The number of nitrogens with zero attached hydrogens (tertiary/aromatic N) is 2. The summed E-state index contributed by atoms with van der Waals surface area (Å²) in [6.45, 7) is 0.150. The zero-order valence-electron chi connectivity index (χ0n) is 15.5. The minimum atomic E-state index is -4.69. The third-order valence-electron chi connectivity index (χ3n) is 4.71.